The fourth-order valence-electron chi connectivity index (χ4n) is 2.59. The maximum Gasteiger partial charge on any atom is 0.338 e. The molecule has 2 rings (SSSR count). The summed E-state index contributed by atoms with van der Waals surface area (Å²) in [4.78, 5) is 23.8. The van der Waals surface area contributed by atoms with Gasteiger partial charge in [-0.15, -0.1) is 11.3 Å². The molecule has 0 unspecified atom stereocenters. The van der Waals surface area contributed by atoms with E-state index in [4.69, 9.17) is 5.11 Å². The lowest BCUT2D eigenvalue weighted by molar-refractivity contribution is -0.116. The second kappa shape index (κ2) is 6.19. The molecule has 1 fully saturated rings. The minimum Gasteiger partial charge on any atom is -0.478 e. The van der Waals surface area contributed by atoms with Gasteiger partial charge in [-0.05, 0) is 25.3 Å². The van der Waals surface area contributed by atoms with Crippen LogP contribution in [-0.4, -0.2) is 17.0 Å². The first-order chi connectivity index (χ1) is 9.06. The largest absolute Gasteiger partial charge is 0.478 e. The Labute approximate surface area is 116 Å². The Morgan fingerprint density at radius 3 is 2.74 bits per heavy atom. The van der Waals surface area contributed by atoms with Crippen LogP contribution in [0.2, 0.25) is 0 Å². The summed E-state index contributed by atoms with van der Waals surface area (Å²) in [5, 5.41) is 12.2. The monoisotopic (exact) mass is 281 g/mol. The van der Waals surface area contributed by atoms with Crippen molar-refractivity contribution in [3.63, 3.8) is 0 Å². The van der Waals surface area contributed by atoms with E-state index in [2.05, 4.69) is 5.32 Å². The van der Waals surface area contributed by atoms with Gasteiger partial charge in [-0.25, -0.2) is 4.79 Å². The Bertz CT molecular complexity index is 475. The van der Waals surface area contributed by atoms with Crippen LogP contribution in [0.3, 0.4) is 0 Å². The number of anilines is 1. The first kappa shape index (κ1) is 14.1. The average Bonchev–Trinajstić information content (AvgIpc) is 2.96. The molecular weight excluding hydrogens is 262 g/mol. The fourth-order valence-corrected chi connectivity index (χ4v) is 3.51. The van der Waals surface area contributed by atoms with Crippen LogP contribution in [0, 0.1) is 12.8 Å². The molecule has 0 radical (unpaired) electrons. The van der Waals surface area contributed by atoms with E-state index in [1.54, 1.807) is 6.07 Å². The quantitative estimate of drug-likeness (QED) is 0.865. The van der Waals surface area contributed by atoms with Gasteiger partial charge in [0.05, 0.1) is 5.56 Å². The van der Waals surface area contributed by atoms with Crippen LogP contribution in [0.5, 0.6) is 0 Å². The maximum atomic E-state index is 11.9. The molecule has 4 nitrogen and oxygen atoms in total. The van der Waals surface area contributed by atoms with Gasteiger partial charge in [0.1, 0.15) is 5.00 Å². The van der Waals surface area contributed by atoms with Gasteiger partial charge in [-0.2, -0.15) is 0 Å². The van der Waals surface area contributed by atoms with Gasteiger partial charge >= 0.3 is 5.97 Å². The van der Waals surface area contributed by atoms with Crippen molar-refractivity contribution in [1.82, 2.24) is 0 Å². The lowest BCUT2D eigenvalue weighted by Crippen LogP contribution is -2.13. The number of rotatable bonds is 5. The van der Waals surface area contributed by atoms with Crippen LogP contribution in [0.25, 0.3) is 0 Å². The van der Waals surface area contributed by atoms with Crippen molar-refractivity contribution in [3.05, 3.63) is 16.5 Å². The first-order valence-corrected chi connectivity index (χ1v) is 7.51. The number of carbonyl (C=O) groups is 2. The van der Waals surface area contributed by atoms with E-state index < -0.39 is 5.97 Å². The number of hydrogen-bond donors (Lipinski definition) is 2. The maximum absolute atomic E-state index is 11.9. The Kier molecular flexibility index (Phi) is 4.58. The molecule has 0 aromatic carbocycles. The van der Waals surface area contributed by atoms with Crippen LogP contribution in [0.4, 0.5) is 5.00 Å². The summed E-state index contributed by atoms with van der Waals surface area (Å²) in [7, 11) is 0. The van der Waals surface area contributed by atoms with Crippen molar-refractivity contribution >= 4 is 28.2 Å². The fraction of sp³-hybridized carbons (Fsp3) is 0.571. The van der Waals surface area contributed by atoms with Crippen LogP contribution in [0.15, 0.2) is 6.07 Å². The molecule has 0 bridgehead atoms. The molecule has 1 aliphatic rings. The summed E-state index contributed by atoms with van der Waals surface area (Å²) in [5.74, 6) is -0.388. The van der Waals surface area contributed by atoms with Crippen LogP contribution < -0.4 is 5.32 Å². The molecule has 1 aromatic rings. The average molecular weight is 281 g/mol. The molecule has 104 valence electrons. The zero-order valence-electron chi connectivity index (χ0n) is 11.1. The third-order valence-electron chi connectivity index (χ3n) is 3.59. The lowest BCUT2D eigenvalue weighted by atomic mass is 10.0. The number of amides is 1. The van der Waals surface area contributed by atoms with Crippen LogP contribution in [-0.2, 0) is 4.79 Å². The molecule has 1 heterocycles. The SMILES string of the molecule is Cc1cc(C(=O)O)c(NC(=O)CCC2CCCC2)s1. The van der Waals surface area contributed by atoms with E-state index in [1.165, 1.54) is 37.0 Å². The molecule has 0 atom stereocenters. The zero-order valence-corrected chi connectivity index (χ0v) is 11.9. The van der Waals surface area contributed by atoms with Gasteiger partial charge < -0.3 is 10.4 Å². The summed E-state index contributed by atoms with van der Waals surface area (Å²) in [5.41, 5.74) is 0.191. The van der Waals surface area contributed by atoms with Gasteiger partial charge in [-0.3, -0.25) is 4.79 Å². The van der Waals surface area contributed by atoms with Gasteiger partial charge in [0.25, 0.3) is 0 Å². The second-order valence-electron chi connectivity index (χ2n) is 5.14. The topological polar surface area (TPSA) is 66.4 Å². The predicted molar refractivity (Wildman–Crippen MR) is 75.8 cm³/mol. The minimum atomic E-state index is -0.990. The summed E-state index contributed by atoms with van der Waals surface area (Å²) in [6, 6.07) is 1.60. The summed E-state index contributed by atoms with van der Waals surface area (Å²) < 4.78 is 0. The third kappa shape index (κ3) is 3.80. The van der Waals surface area contributed by atoms with Gasteiger partial charge in [0, 0.05) is 11.3 Å². The van der Waals surface area contributed by atoms with Crippen LogP contribution >= 0.6 is 11.3 Å². The number of aromatic carboxylic acids is 1. The normalized spacial score (nSPS) is 15.6. The number of hydrogen-bond acceptors (Lipinski definition) is 3. The lowest BCUT2D eigenvalue weighted by Gasteiger charge is -2.08. The smallest absolute Gasteiger partial charge is 0.338 e. The molecule has 5 heteroatoms. The molecule has 1 aliphatic carbocycles. The highest BCUT2D eigenvalue weighted by molar-refractivity contribution is 7.16. The molecular formula is C14H19NO3S. The summed E-state index contributed by atoms with van der Waals surface area (Å²) >= 11 is 1.32. The Balaban J connectivity index is 1.89. The third-order valence-corrected chi connectivity index (χ3v) is 4.56. The Morgan fingerprint density at radius 1 is 1.42 bits per heavy atom. The molecule has 0 spiro atoms. The zero-order chi connectivity index (χ0) is 13.8. The minimum absolute atomic E-state index is 0.0729. The van der Waals surface area contributed by atoms with E-state index >= 15 is 0 Å². The highest BCUT2D eigenvalue weighted by atomic mass is 32.1. The predicted octanol–water partition coefficient (Wildman–Crippen LogP) is 3.66. The Morgan fingerprint density at radius 2 is 2.11 bits per heavy atom. The number of carboxylic acids is 1. The molecule has 1 aromatic heterocycles. The molecule has 1 saturated carbocycles. The van der Waals surface area contributed by atoms with Crippen molar-refractivity contribution < 1.29 is 14.7 Å². The first-order valence-electron chi connectivity index (χ1n) is 6.70. The Hall–Kier alpha value is -1.36. The number of nitrogens with one attached hydrogen (secondary N) is 1. The van der Waals surface area contributed by atoms with Crippen molar-refractivity contribution in [2.45, 2.75) is 45.4 Å². The molecule has 2 N–H and O–H groups in total. The number of aryl methyl sites for hydroxylation is 1. The second-order valence-corrected chi connectivity index (χ2v) is 6.40. The van der Waals surface area contributed by atoms with Crippen LogP contribution in [0.1, 0.15) is 53.8 Å². The van der Waals surface area contributed by atoms with E-state index in [0.717, 1.165) is 11.3 Å². The van der Waals surface area contributed by atoms with E-state index in [0.29, 0.717) is 17.3 Å². The van der Waals surface area contributed by atoms with E-state index in [-0.39, 0.29) is 11.5 Å². The van der Waals surface area contributed by atoms with Crippen molar-refractivity contribution in [2.24, 2.45) is 5.92 Å². The molecule has 1 amide bonds. The molecule has 0 aliphatic heterocycles. The summed E-state index contributed by atoms with van der Waals surface area (Å²) in [6.45, 7) is 1.84. The van der Waals surface area contributed by atoms with E-state index in [9.17, 15) is 9.59 Å². The number of thiophene rings is 1. The summed E-state index contributed by atoms with van der Waals surface area (Å²) in [6.07, 6.45) is 6.41. The highest BCUT2D eigenvalue weighted by Gasteiger charge is 2.18. The number of carbonyl (C=O) groups excluding carboxylic acids is 1. The van der Waals surface area contributed by atoms with Crippen molar-refractivity contribution in [1.29, 1.82) is 0 Å². The molecule has 19 heavy (non-hydrogen) atoms. The van der Waals surface area contributed by atoms with Crippen molar-refractivity contribution in [3.8, 4) is 0 Å². The van der Waals surface area contributed by atoms with Gasteiger partial charge in [-0.1, -0.05) is 25.7 Å². The molecule has 0 saturated heterocycles. The van der Waals surface area contributed by atoms with Gasteiger partial charge in [0.15, 0.2) is 0 Å². The highest BCUT2D eigenvalue weighted by Crippen LogP contribution is 2.30. The number of carboxylic acid groups (broad SMARTS) is 1. The van der Waals surface area contributed by atoms with Crippen molar-refractivity contribution in [2.75, 3.05) is 5.32 Å². The van der Waals surface area contributed by atoms with E-state index in [1.807, 2.05) is 6.92 Å². The van der Waals surface area contributed by atoms with Gasteiger partial charge in [0.2, 0.25) is 5.91 Å². The standard InChI is InChI=1S/C14H19NO3S/c1-9-8-11(14(17)18)13(19-9)15-12(16)7-6-10-4-2-3-5-10/h8,10H,2-7H2,1H3,(H,15,16)(H,17,18).